The first-order valence-electron chi connectivity index (χ1n) is 10.4. The van der Waals surface area contributed by atoms with Crippen LogP contribution in [0.2, 0.25) is 0 Å². The zero-order valence-electron chi connectivity index (χ0n) is 17.3. The highest BCUT2D eigenvalue weighted by Gasteiger charge is 2.34. The molecule has 3 heterocycles. The number of aryl methyl sites for hydroxylation is 1. The minimum atomic E-state index is -0.0659. The fourth-order valence-corrected chi connectivity index (χ4v) is 4.20. The highest BCUT2D eigenvalue weighted by Crippen LogP contribution is 2.40. The second-order valence-electron chi connectivity index (χ2n) is 8.29. The lowest BCUT2D eigenvalue weighted by molar-refractivity contribution is 0.0512. The van der Waals surface area contributed by atoms with E-state index >= 15 is 0 Å². The van der Waals surface area contributed by atoms with Crippen molar-refractivity contribution in [3.63, 3.8) is 0 Å². The van der Waals surface area contributed by atoms with Crippen LogP contribution in [0.5, 0.6) is 0 Å². The number of carbonyl (C=O) groups excluding carboxylic acids is 1. The topological polar surface area (TPSA) is 89.3 Å². The summed E-state index contributed by atoms with van der Waals surface area (Å²) in [6, 6.07) is 1.96. The molecule has 8 heteroatoms. The van der Waals surface area contributed by atoms with Gasteiger partial charge in [0, 0.05) is 30.7 Å². The number of rotatable bonds is 8. The summed E-state index contributed by atoms with van der Waals surface area (Å²) in [7, 11) is 1.73. The first-order chi connectivity index (χ1) is 13.7. The molecule has 2 fully saturated rings. The fourth-order valence-electron chi connectivity index (χ4n) is 4.20. The highest BCUT2D eigenvalue weighted by molar-refractivity contribution is 6.06. The molecule has 0 aromatic carbocycles. The molecule has 1 amide bonds. The van der Waals surface area contributed by atoms with Gasteiger partial charge in [0.2, 0.25) is 0 Å². The van der Waals surface area contributed by atoms with E-state index < -0.39 is 0 Å². The Hall–Kier alpha value is -1.70. The Balaban J connectivity index is 0.00000240. The summed E-state index contributed by atoms with van der Waals surface area (Å²) in [5.41, 5.74) is 2.91. The zero-order chi connectivity index (χ0) is 19.6. The van der Waals surface area contributed by atoms with Crippen molar-refractivity contribution in [2.75, 3.05) is 33.4 Å². The molecule has 2 aromatic heterocycles. The second kappa shape index (κ2) is 9.41. The van der Waals surface area contributed by atoms with Crippen LogP contribution in [0.4, 0.5) is 0 Å². The van der Waals surface area contributed by atoms with Crippen LogP contribution >= 0.6 is 12.4 Å². The lowest BCUT2D eigenvalue weighted by Crippen LogP contribution is -2.47. The standard InChI is InChI=1S/C21H30N4O3.ClH/c1-3-4-16-18-15(11-17(14-5-6-14)24-20(18)28-25-16)19(26)23-12-21(13-27-2)7-9-22-10-8-21;/h11,14,22H,3-10,12-13H2,1-2H3,(H,23,26);1H. The van der Waals surface area contributed by atoms with E-state index in [1.165, 1.54) is 0 Å². The normalized spacial score (nSPS) is 18.4. The minimum absolute atomic E-state index is 0. The van der Waals surface area contributed by atoms with Crippen LogP contribution in [-0.2, 0) is 11.2 Å². The van der Waals surface area contributed by atoms with Crippen LogP contribution in [-0.4, -0.2) is 49.4 Å². The van der Waals surface area contributed by atoms with E-state index in [1.807, 2.05) is 6.07 Å². The smallest absolute Gasteiger partial charge is 0.259 e. The number of nitrogens with one attached hydrogen (secondary N) is 2. The number of nitrogens with zero attached hydrogens (tertiary/aromatic N) is 2. The van der Waals surface area contributed by atoms with E-state index in [1.54, 1.807) is 7.11 Å². The molecule has 2 aliphatic rings. The van der Waals surface area contributed by atoms with E-state index in [2.05, 4.69) is 27.7 Å². The number of ether oxygens (including phenoxy) is 1. The Morgan fingerprint density at radius 2 is 2.14 bits per heavy atom. The molecule has 2 aromatic rings. The van der Waals surface area contributed by atoms with Crippen LogP contribution in [0.3, 0.4) is 0 Å². The monoisotopic (exact) mass is 422 g/mol. The highest BCUT2D eigenvalue weighted by atomic mass is 35.5. The second-order valence-corrected chi connectivity index (χ2v) is 8.29. The Kier molecular flexibility index (Phi) is 7.14. The van der Waals surface area contributed by atoms with Crippen molar-refractivity contribution in [3.05, 3.63) is 23.0 Å². The number of amides is 1. The summed E-state index contributed by atoms with van der Waals surface area (Å²) >= 11 is 0. The fraction of sp³-hybridized carbons (Fsp3) is 0.667. The van der Waals surface area contributed by atoms with Gasteiger partial charge in [-0.1, -0.05) is 18.5 Å². The van der Waals surface area contributed by atoms with Gasteiger partial charge >= 0.3 is 0 Å². The number of hydrogen-bond acceptors (Lipinski definition) is 6. The maximum atomic E-state index is 13.2. The molecule has 0 radical (unpaired) electrons. The molecule has 160 valence electrons. The Morgan fingerprint density at radius 1 is 1.38 bits per heavy atom. The number of methoxy groups -OCH3 is 1. The van der Waals surface area contributed by atoms with Gasteiger partial charge in [0.15, 0.2) is 0 Å². The van der Waals surface area contributed by atoms with Crippen LogP contribution in [0.1, 0.15) is 66.7 Å². The van der Waals surface area contributed by atoms with Gasteiger partial charge in [-0.2, -0.15) is 0 Å². The van der Waals surface area contributed by atoms with E-state index in [9.17, 15) is 4.79 Å². The predicted octanol–water partition coefficient (Wildman–Crippen LogP) is 3.22. The maximum Gasteiger partial charge on any atom is 0.259 e. The largest absolute Gasteiger partial charge is 0.384 e. The third-order valence-electron chi connectivity index (χ3n) is 6.00. The van der Waals surface area contributed by atoms with E-state index in [0.717, 1.165) is 68.4 Å². The molecule has 2 N–H and O–H groups in total. The summed E-state index contributed by atoms with van der Waals surface area (Å²) in [4.78, 5) is 17.9. The molecule has 0 atom stereocenters. The third-order valence-corrected chi connectivity index (χ3v) is 6.00. The summed E-state index contributed by atoms with van der Waals surface area (Å²) in [5.74, 6) is 0.379. The molecule has 1 aliphatic carbocycles. The Labute approximate surface area is 177 Å². The van der Waals surface area contributed by atoms with Crippen LogP contribution in [0, 0.1) is 5.41 Å². The summed E-state index contributed by atoms with van der Waals surface area (Å²) < 4.78 is 11.0. The summed E-state index contributed by atoms with van der Waals surface area (Å²) in [6.45, 7) is 5.27. The molecule has 1 aliphatic heterocycles. The average Bonchev–Trinajstić information content (AvgIpc) is 3.49. The SMILES string of the molecule is CCCc1noc2nc(C3CC3)cc(C(=O)NCC3(COC)CCNCC3)c12.Cl. The molecule has 0 spiro atoms. The van der Waals surface area contributed by atoms with Crippen molar-refractivity contribution in [1.29, 1.82) is 0 Å². The quantitative estimate of drug-likeness (QED) is 0.678. The molecule has 29 heavy (non-hydrogen) atoms. The van der Waals surface area contributed by atoms with Crippen molar-refractivity contribution < 1.29 is 14.1 Å². The number of pyridine rings is 1. The Bertz CT molecular complexity index is 838. The molecule has 0 unspecified atom stereocenters. The van der Waals surface area contributed by atoms with Crippen molar-refractivity contribution in [3.8, 4) is 0 Å². The summed E-state index contributed by atoms with van der Waals surface area (Å²) in [6.07, 6.45) is 5.95. The van der Waals surface area contributed by atoms with E-state index in [0.29, 0.717) is 30.3 Å². The number of carbonyl (C=O) groups is 1. The van der Waals surface area contributed by atoms with Gasteiger partial charge in [0.25, 0.3) is 11.6 Å². The molecule has 4 rings (SSSR count). The van der Waals surface area contributed by atoms with Gasteiger partial charge in [0.1, 0.15) is 0 Å². The van der Waals surface area contributed by atoms with Gasteiger partial charge < -0.3 is 19.9 Å². The Morgan fingerprint density at radius 3 is 2.79 bits per heavy atom. The number of piperidine rings is 1. The van der Waals surface area contributed by atoms with Gasteiger partial charge in [-0.25, -0.2) is 4.98 Å². The van der Waals surface area contributed by atoms with E-state index in [4.69, 9.17) is 9.26 Å². The number of fused-ring (bicyclic) bond motifs is 1. The van der Waals surface area contributed by atoms with Crippen molar-refractivity contribution in [2.45, 2.75) is 51.4 Å². The van der Waals surface area contributed by atoms with Gasteiger partial charge in [0.05, 0.1) is 23.3 Å². The molecule has 0 bridgehead atoms. The lowest BCUT2D eigenvalue weighted by Gasteiger charge is -2.37. The summed E-state index contributed by atoms with van der Waals surface area (Å²) in [5, 5.41) is 11.5. The zero-order valence-corrected chi connectivity index (χ0v) is 18.1. The number of halogens is 1. The van der Waals surface area contributed by atoms with Crippen LogP contribution < -0.4 is 10.6 Å². The van der Waals surface area contributed by atoms with Crippen LogP contribution in [0.15, 0.2) is 10.6 Å². The molecule has 1 saturated carbocycles. The first kappa shape index (κ1) is 22.0. The van der Waals surface area contributed by atoms with Crippen LogP contribution in [0.25, 0.3) is 11.1 Å². The number of hydrogen-bond donors (Lipinski definition) is 2. The van der Waals surface area contributed by atoms with Gasteiger partial charge in [-0.15, -0.1) is 12.4 Å². The third kappa shape index (κ3) is 4.73. The predicted molar refractivity (Wildman–Crippen MR) is 114 cm³/mol. The first-order valence-corrected chi connectivity index (χ1v) is 10.4. The molecular formula is C21H31ClN4O3. The van der Waals surface area contributed by atoms with Crippen molar-refractivity contribution in [2.24, 2.45) is 5.41 Å². The number of aromatic nitrogens is 2. The minimum Gasteiger partial charge on any atom is -0.384 e. The van der Waals surface area contributed by atoms with Gasteiger partial charge in [-0.3, -0.25) is 4.79 Å². The average molecular weight is 423 g/mol. The van der Waals surface area contributed by atoms with E-state index in [-0.39, 0.29) is 23.7 Å². The molecular weight excluding hydrogens is 392 g/mol. The molecule has 7 nitrogen and oxygen atoms in total. The molecule has 1 saturated heterocycles. The van der Waals surface area contributed by atoms with Crippen molar-refractivity contribution in [1.82, 2.24) is 20.8 Å². The van der Waals surface area contributed by atoms with Crippen molar-refractivity contribution >= 4 is 29.4 Å². The van der Waals surface area contributed by atoms with Gasteiger partial charge in [-0.05, 0) is 51.3 Å². The lowest BCUT2D eigenvalue weighted by atomic mass is 9.79. The maximum absolute atomic E-state index is 13.2.